The van der Waals surface area contributed by atoms with Gasteiger partial charge in [0.25, 0.3) is 5.91 Å². The summed E-state index contributed by atoms with van der Waals surface area (Å²) in [5, 5.41) is 2.48. The van der Waals surface area contributed by atoms with Crippen LogP contribution in [0.25, 0.3) is 6.08 Å². The van der Waals surface area contributed by atoms with Gasteiger partial charge in [0.1, 0.15) is 5.70 Å². The van der Waals surface area contributed by atoms with Gasteiger partial charge in [0.05, 0.1) is 0 Å². The molecule has 1 N–H and O–H groups in total. The van der Waals surface area contributed by atoms with Gasteiger partial charge in [-0.05, 0) is 56.2 Å². The molecule has 0 radical (unpaired) electrons. The SMILES string of the molecule is CCN1CCCC1.CN1C(=O)N/C(=C\c2ccncc2)C1=O. The Morgan fingerprint density at radius 1 is 1.23 bits per heavy atom. The first kappa shape index (κ1) is 16.2. The van der Waals surface area contributed by atoms with E-state index in [0.717, 1.165) is 10.5 Å². The molecule has 0 aromatic carbocycles. The van der Waals surface area contributed by atoms with Gasteiger partial charge in [-0.15, -0.1) is 0 Å². The van der Waals surface area contributed by atoms with E-state index in [9.17, 15) is 9.59 Å². The highest BCUT2D eigenvalue weighted by Crippen LogP contribution is 2.11. The lowest BCUT2D eigenvalue weighted by molar-refractivity contribution is -0.121. The van der Waals surface area contributed by atoms with Crippen LogP contribution in [0.15, 0.2) is 30.2 Å². The monoisotopic (exact) mass is 302 g/mol. The molecule has 0 bridgehead atoms. The summed E-state index contributed by atoms with van der Waals surface area (Å²) in [6.45, 7) is 6.16. The maximum atomic E-state index is 11.5. The predicted octanol–water partition coefficient (Wildman–Crippen LogP) is 1.71. The molecule has 3 amide bonds. The van der Waals surface area contributed by atoms with E-state index >= 15 is 0 Å². The summed E-state index contributed by atoms with van der Waals surface area (Å²) in [5.41, 5.74) is 1.11. The van der Waals surface area contributed by atoms with Crippen molar-refractivity contribution in [2.24, 2.45) is 0 Å². The molecule has 2 saturated heterocycles. The highest BCUT2D eigenvalue weighted by molar-refractivity contribution is 6.13. The first-order chi connectivity index (χ1) is 10.6. The van der Waals surface area contributed by atoms with E-state index < -0.39 is 6.03 Å². The van der Waals surface area contributed by atoms with Gasteiger partial charge in [-0.25, -0.2) is 4.79 Å². The second-order valence-electron chi connectivity index (χ2n) is 5.27. The van der Waals surface area contributed by atoms with E-state index in [1.54, 1.807) is 30.6 Å². The van der Waals surface area contributed by atoms with E-state index in [1.807, 2.05) is 0 Å². The van der Waals surface area contributed by atoms with Crippen LogP contribution >= 0.6 is 0 Å². The van der Waals surface area contributed by atoms with Crippen LogP contribution in [0.2, 0.25) is 0 Å². The average molecular weight is 302 g/mol. The van der Waals surface area contributed by atoms with E-state index in [1.165, 1.54) is 39.5 Å². The molecule has 0 aliphatic carbocycles. The Morgan fingerprint density at radius 3 is 2.32 bits per heavy atom. The Balaban J connectivity index is 0.000000211. The molecule has 0 atom stereocenters. The topological polar surface area (TPSA) is 65.5 Å². The molecule has 3 heterocycles. The van der Waals surface area contributed by atoms with Crippen molar-refractivity contribution in [3.8, 4) is 0 Å². The van der Waals surface area contributed by atoms with Crippen LogP contribution in [0.4, 0.5) is 4.79 Å². The Hall–Kier alpha value is -2.21. The average Bonchev–Trinajstić information content (AvgIpc) is 3.15. The van der Waals surface area contributed by atoms with Crippen LogP contribution in [0, 0.1) is 0 Å². The molecular weight excluding hydrogens is 280 g/mol. The number of carbonyl (C=O) groups is 2. The van der Waals surface area contributed by atoms with Gasteiger partial charge in [-0.1, -0.05) is 6.92 Å². The Morgan fingerprint density at radius 2 is 1.86 bits per heavy atom. The van der Waals surface area contributed by atoms with Crippen LogP contribution in [0.3, 0.4) is 0 Å². The molecule has 2 aliphatic rings. The fourth-order valence-electron chi connectivity index (χ4n) is 2.35. The lowest BCUT2D eigenvalue weighted by atomic mass is 10.2. The number of imide groups is 1. The molecule has 22 heavy (non-hydrogen) atoms. The van der Waals surface area contributed by atoms with Crippen molar-refractivity contribution in [3.63, 3.8) is 0 Å². The summed E-state index contributed by atoms with van der Waals surface area (Å²) in [7, 11) is 1.44. The second-order valence-corrected chi connectivity index (χ2v) is 5.27. The molecule has 2 aliphatic heterocycles. The lowest BCUT2D eigenvalue weighted by Gasteiger charge is -2.08. The number of likely N-dealkylation sites (tertiary alicyclic amines) is 1. The highest BCUT2D eigenvalue weighted by atomic mass is 16.2. The van der Waals surface area contributed by atoms with Crippen LogP contribution in [-0.2, 0) is 4.79 Å². The van der Waals surface area contributed by atoms with Crippen LogP contribution in [-0.4, -0.2) is 53.4 Å². The largest absolute Gasteiger partial charge is 0.328 e. The maximum Gasteiger partial charge on any atom is 0.328 e. The predicted molar refractivity (Wildman–Crippen MR) is 84.9 cm³/mol. The lowest BCUT2D eigenvalue weighted by Crippen LogP contribution is -2.25. The molecule has 6 heteroatoms. The summed E-state index contributed by atoms with van der Waals surface area (Å²) in [6, 6.07) is 3.11. The molecule has 0 spiro atoms. The third-order valence-corrected chi connectivity index (χ3v) is 3.74. The molecule has 0 saturated carbocycles. The quantitative estimate of drug-likeness (QED) is 0.667. The van der Waals surface area contributed by atoms with Gasteiger partial charge in [0.2, 0.25) is 0 Å². The van der Waals surface area contributed by atoms with Crippen molar-refractivity contribution in [1.82, 2.24) is 20.1 Å². The number of amides is 3. The summed E-state index contributed by atoms with van der Waals surface area (Å²) >= 11 is 0. The van der Waals surface area contributed by atoms with Gasteiger partial charge < -0.3 is 10.2 Å². The Bertz CT molecular complexity index is 551. The van der Waals surface area contributed by atoms with Gasteiger partial charge in [-0.3, -0.25) is 14.7 Å². The fraction of sp³-hybridized carbons (Fsp3) is 0.438. The molecule has 2 fully saturated rings. The van der Waals surface area contributed by atoms with Crippen molar-refractivity contribution in [2.75, 3.05) is 26.7 Å². The second kappa shape index (κ2) is 7.70. The number of carbonyl (C=O) groups excluding carboxylic acids is 2. The number of pyridine rings is 1. The number of nitrogens with zero attached hydrogens (tertiary/aromatic N) is 3. The smallest absolute Gasteiger partial charge is 0.304 e. The zero-order chi connectivity index (χ0) is 15.9. The van der Waals surface area contributed by atoms with Crippen LogP contribution in [0.1, 0.15) is 25.3 Å². The summed E-state index contributed by atoms with van der Waals surface area (Å²) in [4.78, 5) is 30.0. The molecule has 1 aromatic rings. The van der Waals surface area contributed by atoms with Crippen molar-refractivity contribution in [2.45, 2.75) is 19.8 Å². The Kier molecular flexibility index (Phi) is 5.66. The zero-order valence-electron chi connectivity index (χ0n) is 13.1. The number of hydrogen-bond acceptors (Lipinski definition) is 4. The van der Waals surface area contributed by atoms with Crippen molar-refractivity contribution < 1.29 is 9.59 Å². The first-order valence-corrected chi connectivity index (χ1v) is 7.55. The summed E-state index contributed by atoms with van der Waals surface area (Å²) < 4.78 is 0. The minimum Gasteiger partial charge on any atom is -0.304 e. The van der Waals surface area contributed by atoms with Crippen molar-refractivity contribution in [3.05, 3.63) is 35.8 Å². The first-order valence-electron chi connectivity index (χ1n) is 7.55. The maximum absolute atomic E-state index is 11.5. The van der Waals surface area contributed by atoms with Crippen LogP contribution in [0.5, 0.6) is 0 Å². The van der Waals surface area contributed by atoms with Crippen molar-refractivity contribution in [1.29, 1.82) is 0 Å². The Labute approximate surface area is 130 Å². The minimum atomic E-state index is -0.402. The van der Waals surface area contributed by atoms with Gasteiger partial charge in [0.15, 0.2) is 0 Å². The normalized spacial score (nSPS) is 20.1. The summed E-state index contributed by atoms with van der Waals surface area (Å²) in [6.07, 6.45) is 7.71. The molecule has 6 nitrogen and oxygen atoms in total. The van der Waals surface area contributed by atoms with E-state index in [2.05, 4.69) is 22.1 Å². The molecule has 3 rings (SSSR count). The zero-order valence-corrected chi connectivity index (χ0v) is 13.1. The fourth-order valence-corrected chi connectivity index (χ4v) is 2.35. The molecular formula is C16H22N4O2. The third kappa shape index (κ3) is 4.14. The molecule has 1 aromatic heterocycles. The van der Waals surface area contributed by atoms with E-state index in [4.69, 9.17) is 0 Å². The number of nitrogens with one attached hydrogen (secondary N) is 1. The highest BCUT2D eigenvalue weighted by Gasteiger charge is 2.29. The van der Waals surface area contributed by atoms with Gasteiger partial charge >= 0.3 is 6.03 Å². The molecule has 0 unspecified atom stereocenters. The number of likely N-dealkylation sites (N-methyl/N-ethyl adjacent to an activating group) is 1. The van der Waals surface area contributed by atoms with Crippen LogP contribution < -0.4 is 5.32 Å². The molecule has 118 valence electrons. The standard InChI is InChI=1S/C10H9N3O2.C6H13N/c1-13-9(14)8(12-10(13)15)6-7-2-4-11-5-3-7;1-2-7-5-3-4-6-7/h2-6H,1H3,(H,12,15);2-6H2,1H3/b8-6-;. The van der Waals surface area contributed by atoms with Gasteiger partial charge in [0, 0.05) is 19.4 Å². The number of rotatable bonds is 2. The third-order valence-electron chi connectivity index (χ3n) is 3.74. The summed E-state index contributed by atoms with van der Waals surface area (Å²) in [5.74, 6) is -0.322. The number of hydrogen-bond donors (Lipinski definition) is 1. The number of aromatic nitrogens is 1. The van der Waals surface area contributed by atoms with E-state index in [-0.39, 0.29) is 11.6 Å². The van der Waals surface area contributed by atoms with Crippen molar-refractivity contribution >= 4 is 18.0 Å². The van der Waals surface area contributed by atoms with Gasteiger partial charge in [-0.2, -0.15) is 0 Å². The van der Waals surface area contributed by atoms with E-state index in [0.29, 0.717) is 0 Å². The number of urea groups is 1. The minimum absolute atomic E-state index is 0.286.